The Morgan fingerprint density at radius 2 is 1.96 bits per heavy atom. The molecular weight excluding hydrogens is 409 g/mol. The Hall–Kier alpha value is -2.84. The Labute approximate surface area is 169 Å². The number of rotatable bonds is 4. The van der Waals surface area contributed by atoms with Crippen LogP contribution in [0.2, 0.25) is 10.0 Å². The van der Waals surface area contributed by atoms with Gasteiger partial charge in [-0.3, -0.25) is 19.8 Å². The lowest BCUT2D eigenvalue weighted by Gasteiger charge is -2.38. The first-order chi connectivity index (χ1) is 13.2. The minimum absolute atomic E-state index is 0.0324. The van der Waals surface area contributed by atoms with Crippen LogP contribution in [0, 0.1) is 10.1 Å². The number of carboxylic acids is 1. The molecule has 2 aromatic rings. The van der Waals surface area contributed by atoms with E-state index in [2.05, 4.69) is 5.32 Å². The van der Waals surface area contributed by atoms with Gasteiger partial charge in [-0.15, -0.1) is 0 Å². The number of nitro benzene ring substituents is 1. The summed E-state index contributed by atoms with van der Waals surface area (Å²) >= 11 is 12.4. The molecule has 2 N–H and O–H groups in total. The fourth-order valence-corrected chi connectivity index (χ4v) is 4.03. The topological polar surface area (TPSA) is 113 Å². The quantitative estimate of drug-likeness (QED) is 0.560. The van der Waals surface area contributed by atoms with Crippen molar-refractivity contribution < 1.29 is 19.6 Å². The molecule has 146 valence electrons. The van der Waals surface area contributed by atoms with E-state index in [9.17, 15) is 24.8 Å². The Bertz CT molecular complexity index is 982. The molecule has 0 bridgehead atoms. The van der Waals surface area contributed by atoms with Crippen LogP contribution in [0.3, 0.4) is 0 Å². The van der Waals surface area contributed by atoms with Crippen LogP contribution in [-0.2, 0) is 9.59 Å². The minimum atomic E-state index is -1.13. The summed E-state index contributed by atoms with van der Waals surface area (Å²) in [5.41, 5.74) is 0.616. The van der Waals surface area contributed by atoms with E-state index in [1.807, 2.05) is 0 Å². The van der Waals surface area contributed by atoms with Gasteiger partial charge in [0.2, 0.25) is 5.91 Å². The normalized spacial score (nSPS) is 18.0. The Morgan fingerprint density at radius 3 is 2.57 bits per heavy atom. The van der Waals surface area contributed by atoms with Crippen LogP contribution in [0.15, 0.2) is 36.4 Å². The summed E-state index contributed by atoms with van der Waals surface area (Å²) in [6, 6.07) is 6.92. The largest absolute Gasteiger partial charge is 0.480 e. The molecule has 2 aromatic carbocycles. The number of amides is 1. The number of hydrogen-bond acceptors (Lipinski definition) is 5. The summed E-state index contributed by atoms with van der Waals surface area (Å²) in [5.74, 6) is -1.61. The summed E-state index contributed by atoms with van der Waals surface area (Å²) in [6.07, 6.45) is -0.0324. The summed E-state index contributed by atoms with van der Waals surface area (Å²) in [7, 11) is 0. The molecule has 10 heteroatoms. The standard InChI is InChI=1S/C18H15Cl2N3O5/c1-9(24)22(14-4-2-3-5-15(14)23(27)28)16-8-13(18(25)26)21-12-7-10(19)6-11(20)17(12)16/h2-7,13,16,21H,8H2,1H3,(H,25,26)/t13-,16+/m0/s1. The predicted octanol–water partition coefficient (Wildman–Crippen LogP) is 4.26. The average molecular weight is 424 g/mol. The van der Waals surface area contributed by atoms with Crippen molar-refractivity contribution in [3.63, 3.8) is 0 Å². The number of aliphatic carboxylic acids is 1. The molecule has 1 aliphatic heterocycles. The summed E-state index contributed by atoms with van der Waals surface area (Å²) in [5, 5.41) is 24.4. The minimum Gasteiger partial charge on any atom is -0.480 e. The van der Waals surface area contributed by atoms with E-state index in [1.165, 1.54) is 42.2 Å². The first-order valence-corrected chi connectivity index (χ1v) is 8.97. The third kappa shape index (κ3) is 3.61. The van der Waals surface area contributed by atoms with Gasteiger partial charge in [-0.2, -0.15) is 0 Å². The van der Waals surface area contributed by atoms with Gasteiger partial charge < -0.3 is 10.4 Å². The lowest BCUT2D eigenvalue weighted by Crippen LogP contribution is -2.43. The van der Waals surface area contributed by atoms with E-state index >= 15 is 0 Å². The van der Waals surface area contributed by atoms with Crippen LogP contribution in [0.25, 0.3) is 0 Å². The first-order valence-electron chi connectivity index (χ1n) is 8.22. The predicted molar refractivity (Wildman–Crippen MR) is 105 cm³/mol. The first kappa shape index (κ1) is 19.9. The molecule has 0 fully saturated rings. The molecule has 0 saturated carbocycles. The fourth-order valence-electron chi connectivity index (χ4n) is 3.41. The molecule has 1 amide bonds. The summed E-state index contributed by atoms with van der Waals surface area (Å²) < 4.78 is 0. The van der Waals surface area contributed by atoms with Gasteiger partial charge in [0.15, 0.2) is 0 Å². The van der Waals surface area contributed by atoms with Gasteiger partial charge in [0, 0.05) is 40.7 Å². The number of benzene rings is 2. The molecule has 0 radical (unpaired) electrons. The second kappa shape index (κ2) is 7.65. The van der Waals surface area contributed by atoms with Gasteiger partial charge in [-0.1, -0.05) is 35.3 Å². The summed E-state index contributed by atoms with van der Waals surface area (Å²) in [4.78, 5) is 36.3. The fraction of sp³-hybridized carbons (Fsp3) is 0.222. The number of nitrogens with zero attached hydrogens (tertiary/aromatic N) is 2. The molecule has 0 saturated heterocycles. The van der Waals surface area contributed by atoms with Gasteiger partial charge in [0.05, 0.1) is 11.0 Å². The Morgan fingerprint density at radius 1 is 1.29 bits per heavy atom. The van der Waals surface area contributed by atoms with Gasteiger partial charge in [-0.25, -0.2) is 4.79 Å². The van der Waals surface area contributed by atoms with E-state index in [-0.39, 0.29) is 22.8 Å². The van der Waals surface area contributed by atoms with Crippen molar-refractivity contribution in [1.82, 2.24) is 0 Å². The molecular formula is C18H15Cl2N3O5. The van der Waals surface area contributed by atoms with Crippen LogP contribution in [0.4, 0.5) is 17.1 Å². The van der Waals surface area contributed by atoms with E-state index in [0.717, 1.165) is 0 Å². The number of nitrogens with one attached hydrogen (secondary N) is 1. The maximum Gasteiger partial charge on any atom is 0.326 e. The second-order valence-corrected chi connectivity index (χ2v) is 7.11. The molecule has 28 heavy (non-hydrogen) atoms. The smallest absolute Gasteiger partial charge is 0.326 e. The lowest BCUT2D eigenvalue weighted by molar-refractivity contribution is -0.384. The van der Waals surface area contributed by atoms with Crippen molar-refractivity contribution >= 4 is 52.1 Å². The number of halogens is 2. The van der Waals surface area contributed by atoms with Crippen molar-refractivity contribution in [2.24, 2.45) is 0 Å². The van der Waals surface area contributed by atoms with Gasteiger partial charge in [0.25, 0.3) is 5.69 Å². The van der Waals surface area contributed by atoms with Crippen molar-refractivity contribution in [3.05, 3.63) is 62.1 Å². The number of para-hydroxylation sites is 2. The van der Waals surface area contributed by atoms with Crippen LogP contribution in [-0.4, -0.2) is 27.9 Å². The van der Waals surface area contributed by atoms with E-state index in [4.69, 9.17) is 23.2 Å². The van der Waals surface area contributed by atoms with Crippen molar-refractivity contribution in [3.8, 4) is 0 Å². The second-order valence-electron chi connectivity index (χ2n) is 6.27. The number of anilines is 2. The molecule has 1 aliphatic rings. The zero-order chi connectivity index (χ0) is 20.6. The zero-order valence-electron chi connectivity index (χ0n) is 14.6. The summed E-state index contributed by atoms with van der Waals surface area (Å²) in [6.45, 7) is 1.26. The highest BCUT2D eigenvalue weighted by molar-refractivity contribution is 6.35. The molecule has 0 unspecified atom stereocenters. The van der Waals surface area contributed by atoms with Crippen molar-refractivity contribution in [2.45, 2.75) is 25.4 Å². The molecule has 0 aliphatic carbocycles. The number of carbonyl (C=O) groups is 2. The molecule has 1 heterocycles. The van der Waals surface area contributed by atoms with Crippen LogP contribution in [0.1, 0.15) is 24.9 Å². The zero-order valence-corrected chi connectivity index (χ0v) is 16.1. The maximum absolute atomic E-state index is 12.5. The Kier molecular flexibility index (Phi) is 5.44. The van der Waals surface area contributed by atoms with Crippen LogP contribution in [0.5, 0.6) is 0 Å². The molecule has 3 rings (SSSR count). The number of carboxylic acid groups (broad SMARTS) is 1. The number of carbonyl (C=O) groups excluding carboxylic acids is 1. The van der Waals surface area contributed by atoms with Crippen LogP contribution < -0.4 is 10.2 Å². The highest BCUT2D eigenvalue weighted by atomic mass is 35.5. The van der Waals surface area contributed by atoms with E-state index < -0.39 is 28.9 Å². The highest BCUT2D eigenvalue weighted by Crippen LogP contribution is 2.45. The number of nitro groups is 1. The van der Waals surface area contributed by atoms with Gasteiger partial charge >= 0.3 is 5.97 Å². The number of fused-ring (bicyclic) bond motifs is 1. The SMILES string of the molecule is CC(=O)N(c1ccccc1[N+](=O)[O-])[C@@H]1C[C@@H](C(=O)O)Nc2cc(Cl)cc(Cl)c21. The maximum atomic E-state index is 12.5. The van der Waals surface area contributed by atoms with Gasteiger partial charge in [-0.05, 0) is 18.2 Å². The Balaban J connectivity index is 2.23. The number of hydrogen-bond donors (Lipinski definition) is 2. The van der Waals surface area contributed by atoms with Crippen molar-refractivity contribution in [2.75, 3.05) is 10.2 Å². The van der Waals surface area contributed by atoms with E-state index in [0.29, 0.717) is 16.3 Å². The van der Waals surface area contributed by atoms with Crippen LogP contribution >= 0.6 is 23.2 Å². The molecule has 0 spiro atoms. The molecule has 8 nitrogen and oxygen atoms in total. The average Bonchev–Trinajstić information content (AvgIpc) is 2.60. The highest BCUT2D eigenvalue weighted by Gasteiger charge is 2.39. The van der Waals surface area contributed by atoms with E-state index in [1.54, 1.807) is 6.07 Å². The third-order valence-corrected chi connectivity index (χ3v) is 5.03. The monoisotopic (exact) mass is 423 g/mol. The lowest BCUT2D eigenvalue weighted by atomic mass is 9.90. The third-order valence-electron chi connectivity index (χ3n) is 4.50. The van der Waals surface area contributed by atoms with Crippen molar-refractivity contribution in [1.29, 1.82) is 0 Å². The molecule has 0 aromatic heterocycles. The van der Waals surface area contributed by atoms with Gasteiger partial charge in [0.1, 0.15) is 11.7 Å². The molecule has 2 atom stereocenters.